The number of rotatable bonds is 1. The average molecular weight is 351 g/mol. The highest BCUT2D eigenvalue weighted by Gasteiger charge is 2.52. The molecule has 2 aromatic rings. The molecule has 1 unspecified atom stereocenters. The van der Waals surface area contributed by atoms with Gasteiger partial charge in [-0.1, -0.05) is 53.1 Å². The Balaban J connectivity index is 1.71. The molecule has 6 rings (SSSR count). The zero-order valence-corrected chi connectivity index (χ0v) is 14.4. The van der Waals surface area contributed by atoms with Crippen LogP contribution in [0, 0.1) is 5.92 Å². The number of nitrogens with zero attached hydrogens (tertiary/aromatic N) is 2. The molecule has 128 valence electrons. The van der Waals surface area contributed by atoms with Crippen LogP contribution < -0.4 is 4.90 Å². The summed E-state index contributed by atoms with van der Waals surface area (Å²) in [6.45, 7) is 0. The maximum atomic E-state index is 12.9. The Labute approximate surface area is 156 Å². The van der Waals surface area contributed by atoms with E-state index >= 15 is 0 Å². The number of benzene rings is 2. The molecule has 27 heavy (non-hydrogen) atoms. The van der Waals surface area contributed by atoms with Crippen molar-refractivity contribution in [3.8, 4) is 0 Å². The van der Waals surface area contributed by atoms with Gasteiger partial charge in [-0.3, -0.25) is 4.90 Å². The number of allylic oxidation sites excluding steroid dienone is 7. The number of hydrogen-bond acceptors (Lipinski definition) is 3. The van der Waals surface area contributed by atoms with E-state index in [1.165, 1.54) is 0 Å². The third-order valence-electron chi connectivity index (χ3n) is 5.38. The predicted octanol–water partition coefficient (Wildman–Crippen LogP) is 4.97. The van der Waals surface area contributed by atoms with Gasteiger partial charge < -0.3 is 4.74 Å². The largest absolute Gasteiger partial charge is 0.608 e. The van der Waals surface area contributed by atoms with Crippen molar-refractivity contribution in [3.05, 3.63) is 102 Å². The standard InChI is InChI=1S/C23H15N2O2/c26-23-25-18-11-5-4-10-17(18)24(16-8-2-1-3-9-16)19-14-13-15-7-6-12-20(27-23)21(15)22(19)25/h1-14,21H/q+1. The molecule has 1 amide bonds. The van der Waals surface area contributed by atoms with Gasteiger partial charge in [-0.05, 0) is 35.9 Å². The molecule has 0 saturated carbocycles. The van der Waals surface area contributed by atoms with Gasteiger partial charge in [-0.15, -0.1) is 0 Å². The van der Waals surface area contributed by atoms with Gasteiger partial charge in [0.2, 0.25) is 11.4 Å². The third-order valence-corrected chi connectivity index (χ3v) is 5.38. The summed E-state index contributed by atoms with van der Waals surface area (Å²) in [7, 11) is 0. The number of anilines is 2. The maximum Gasteiger partial charge on any atom is 0.608 e. The van der Waals surface area contributed by atoms with Crippen molar-refractivity contribution in [3.63, 3.8) is 0 Å². The Hall–Kier alpha value is -3.66. The van der Waals surface area contributed by atoms with Crippen LogP contribution in [0.2, 0.25) is 0 Å². The van der Waals surface area contributed by atoms with E-state index in [0.717, 1.165) is 34.0 Å². The number of ether oxygens (including phenoxy) is 1. The van der Waals surface area contributed by atoms with Gasteiger partial charge in [0.25, 0.3) is 0 Å². The van der Waals surface area contributed by atoms with Gasteiger partial charge in [0.05, 0.1) is 0 Å². The molecule has 2 aliphatic carbocycles. The highest BCUT2D eigenvalue weighted by Crippen LogP contribution is 2.48. The molecule has 0 spiro atoms. The van der Waals surface area contributed by atoms with Crippen molar-refractivity contribution in [1.29, 1.82) is 0 Å². The van der Waals surface area contributed by atoms with Gasteiger partial charge in [0, 0.05) is 11.8 Å². The van der Waals surface area contributed by atoms with Crippen molar-refractivity contribution in [2.24, 2.45) is 5.92 Å². The molecule has 2 heterocycles. The molecule has 0 bridgehead atoms. The van der Waals surface area contributed by atoms with Crippen molar-refractivity contribution in [2.45, 2.75) is 0 Å². The Morgan fingerprint density at radius 1 is 0.926 bits per heavy atom. The van der Waals surface area contributed by atoms with Gasteiger partial charge in [-0.25, -0.2) is 0 Å². The molecule has 0 N–H and O–H groups in total. The number of para-hydroxylation sites is 3. The van der Waals surface area contributed by atoms with E-state index in [1.807, 2.05) is 54.6 Å². The number of hydrogen-bond donors (Lipinski definition) is 0. The van der Waals surface area contributed by atoms with E-state index < -0.39 is 0 Å². The first-order valence-corrected chi connectivity index (χ1v) is 8.96. The molecule has 0 aromatic heterocycles. The zero-order valence-electron chi connectivity index (χ0n) is 14.4. The minimum Gasteiger partial charge on any atom is -0.375 e. The lowest BCUT2D eigenvalue weighted by Gasteiger charge is -2.37. The van der Waals surface area contributed by atoms with E-state index in [0.29, 0.717) is 5.76 Å². The monoisotopic (exact) mass is 351 g/mol. The summed E-state index contributed by atoms with van der Waals surface area (Å²) < 4.78 is 7.43. The lowest BCUT2D eigenvalue weighted by atomic mass is 9.81. The van der Waals surface area contributed by atoms with E-state index in [1.54, 1.807) is 4.58 Å². The van der Waals surface area contributed by atoms with Crippen LogP contribution in [0.4, 0.5) is 21.9 Å². The van der Waals surface area contributed by atoms with E-state index in [9.17, 15) is 4.79 Å². The fourth-order valence-electron chi connectivity index (χ4n) is 4.29. The summed E-state index contributed by atoms with van der Waals surface area (Å²) in [6, 6.07) is 18.2. The molecule has 2 aromatic carbocycles. The van der Waals surface area contributed by atoms with Gasteiger partial charge in [0.1, 0.15) is 23.1 Å². The van der Waals surface area contributed by atoms with E-state index in [2.05, 4.69) is 35.3 Å². The second-order valence-electron chi connectivity index (χ2n) is 6.83. The molecule has 1 atom stereocenters. The molecule has 0 radical (unpaired) electrons. The van der Waals surface area contributed by atoms with Gasteiger partial charge >= 0.3 is 6.09 Å². The summed E-state index contributed by atoms with van der Waals surface area (Å²) >= 11 is 0. The van der Waals surface area contributed by atoms with Gasteiger partial charge in [-0.2, -0.15) is 4.79 Å². The van der Waals surface area contributed by atoms with Crippen molar-refractivity contribution in [2.75, 3.05) is 4.90 Å². The van der Waals surface area contributed by atoms with Crippen LogP contribution in [0.3, 0.4) is 0 Å². The summed E-state index contributed by atoms with van der Waals surface area (Å²) in [5.41, 5.74) is 5.97. The minimum absolute atomic E-state index is 0.0627. The smallest absolute Gasteiger partial charge is 0.375 e. The predicted molar refractivity (Wildman–Crippen MR) is 103 cm³/mol. The maximum absolute atomic E-state index is 12.9. The number of carbonyl (C=O) groups excluding carboxylic acids is 1. The van der Waals surface area contributed by atoms with Crippen molar-refractivity contribution >= 4 is 28.9 Å². The van der Waals surface area contributed by atoms with Crippen LogP contribution in [-0.4, -0.2) is 16.4 Å². The SMILES string of the molecule is O=C1OC2=CC=CC3=CC=C4C(=[N+]1c1ccccc1N4c1ccccc1)C32. The normalized spacial score (nSPS) is 21.6. The van der Waals surface area contributed by atoms with Crippen LogP contribution in [0.25, 0.3) is 0 Å². The van der Waals surface area contributed by atoms with Crippen LogP contribution >= 0.6 is 0 Å². The molecule has 4 heteroatoms. The molecule has 0 fully saturated rings. The number of amides is 1. The first kappa shape index (κ1) is 14.5. The number of carbonyl (C=O) groups is 1. The second-order valence-corrected chi connectivity index (χ2v) is 6.83. The highest BCUT2D eigenvalue weighted by molar-refractivity contribution is 6.13. The molecular weight excluding hydrogens is 336 g/mol. The highest BCUT2D eigenvalue weighted by atomic mass is 16.6. The lowest BCUT2D eigenvalue weighted by molar-refractivity contribution is -0.363. The fourth-order valence-corrected chi connectivity index (χ4v) is 4.29. The average Bonchev–Trinajstić information content (AvgIpc) is 2.72. The Bertz CT molecular complexity index is 1170. The Kier molecular flexibility index (Phi) is 2.78. The zero-order chi connectivity index (χ0) is 18.0. The quantitative estimate of drug-likeness (QED) is 0.680. The van der Waals surface area contributed by atoms with E-state index in [-0.39, 0.29) is 12.0 Å². The molecule has 4 aliphatic rings. The van der Waals surface area contributed by atoms with E-state index in [4.69, 9.17) is 4.74 Å². The van der Waals surface area contributed by atoms with Crippen molar-refractivity contribution in [1.82, 2.24) is 0 Å². The molecule has 4 nitrogen and oxygen atoms in total. The second kappa shape index (κ2) is 5.17. The van der Waals surface area contributed by atoms with Crippen LogP contribution in [-0.2, 0) is 4.74 Å². The third kappa shape index (κ3) is 1.87. The summed E-state index contributed by atoms with van der Waals surface area (Å²) in [4.78, 5) is 15.1. The van der Waals surface area contributed by atoms with Crippen LogP contribution in [0.5, 0.6) is 0 Å². The fraction of sp³-hybridized carbons (Fsp3) is 0.0435. The van der Waals surface area contributed by atoms with Gasteiger partial charge in [0.15, 0.2) is 0 Å². The van der Waals surface area contributed by atoms with Crippen molar-refractivity contribution < 1.29 is 14.1 Å². The molecular formula is C23H15N2O2+. The Morgan fingerprint density at radius 3 is 2.63 bits per heavy atom. The number of fused-ring (bicyclic) bond motifs is 2. The molecule has 0 saturated heterocycles. The molecule has 2 aliphatic heterocycles. The topological polar surface area (TPSA) is 32.6 Å². The van der Waals surface area contributed by atoms with Crippen LogP contribution in [0.1, 0.15) is 0 Å². The first-order valence-electron chi connectivity index (χ1n) is 8.96. The summed E-state index contributed by atoms with van der Waals surface area (Å²) in [6.07, 6.45) is 9.78. The lowest BCUT2D eigenvalue weighted by Crippen LogP contribution is -2.46. The summed E-state index contributed by atoms with van der Waals surface area (Å²) in [5, 5.41) is 0. The summed E-state index contributed by atoms with van der Waals surface area (Å²) in [5.74, 6) is 0.630. The van der Waals surface area contributed by atoms with Crippen LogP contribution in [0.15, 0.2) is 102 Å². The Morgan fingerprint density at radius 2 is 1.74 bits per heavy atom. The first-order chi connectivity index (χ1) is 13.3. The minimum atomic E-state index is -0.352.